The van der Waals surface area contributed by atoms with Crippen LogP contribution in [0.4, 0.5) is 4.79 Å². The number of rotatable bonds is 4. The van der Waals surface area contributed by atoms with E-state index in [1.165, 1.54) is 0 Å². The zero-order valence-corrected chi connectivity index (χ0v) is 15.8. The van der Waals surface area contributed by atoms with Gasteiger partial charge in [-0.05, 0) is 50.9 Å². The summed E-state index contributed by atoms with van der Waals surface area (Å²) in [7, 11) is 0. The van der Waals surface area contributed by atoms with E-state index in [0.717, 1.165) is 37.1 Å². The molecule has 1 aromatic heterocycles. The number of carbonyl (C=O) groups is 2. The number of carbonyl (C=O) groups excluding carboxylic acids is 2. The summed E-state index contributed by atoms with van der Waals surface area (Å²) in [4.78, 5) is 31.2. The first-order chi connectivity index (χ1) is 13.5. The van der Waals surface area contributed by atoms with Gasteiger partial charge in [-0.1, -0.05) is 23.8 Å². The van der Waals surface area contributed by atoms with E-state index < -0.39 is 11.6 Å². The van der Waals surface area contributed by atoms with E-state index in [2.05, 4.69) is 20.5 Å². The molecule has 1 aromatic carbocycles. The third-order valence-corrected chi connectivity index (χ3v) is 5.84. The summed E-state index contributed by atoms with van der Waals surface area (Å²) in [6, 6.07) is 8.79. The lowest BCUT2D eigenvalue weighted by Crippen LogP contribution is -2.53. The van der Waals surface area contributed by atoms with Crippen LogP contribution in [0.25, 0.3) is 0 Å². The van der Waals surface area contributed by atoms with Crippen LogP contribution in [-0.4, -0.2) is 40.0 Å². The third-order valence-electron chi connectivity index (χ3n) is 5.84. The number of pyridine rings is 1. The number of benzene rings is 1. The number of nitrogens with one attached hydrogen (secondary N) is 2. The van der Waals surface area contributed by atoms with Crippen molar-refractivity contribution in [2.45, 2.75) is 31.8 Å². The zero-order chi connectivity index (χ0) is 19.7. The topological polar surface area (TPSA) is 94.6 Å². The van der Waals surface area contributed by atoms with Crippen molar-refractivity contribution in [1.29, 1.82) is 0 Å². The van der Waals surface area contributed by atoms with Crippen LogP contribution in [0.1, 0.15) is 29.5 Å². The summed E-state index contributed by atoms with van der Waals surface area (Å²) in [5, 5.41) is 15.4. The normalized spacial score (nSPS) is 23.5. The van der Waals surface area contributed by atoms with Gasteiger partial charge in [-0.3, -0.25) is 20.0 Å². The molecule has 1 atom stereocenters. The molecule has 3 amide bonds. The molecule has 2 aromatic rings. The monoisotopic (exact) mass is 380 g/mol. The molecule has 7 heteroatoms. The molecule has 0 radical (unpaired) electrons. The molecule has 7 nitrogen and oxygen atoms in total. The highest BCUT2D eigenvalue weighted by Gasteiger charge is 2.53. The van der Waals surface area contributed by atoms with Crippen LogP contribution in [0, 0.1) is 12.8 Å². The fraction of sp³-hybridized carbons (Fsp3) is 0.381. The Hall–Kier alpha value is -2.93. The second kappa shape index (κ2) is 7.24. The summed E-state index contributed by atoms with van der Waals surface area (Å²) in [6.07, 6.45) is 4.83. The zero-order valence-electron chi connectivity index (χ0n) is 15.8. The highest BCUT2D eigenvalue weighted by atomic mass is 16.3. The van der Waals surface area contributed by atoms with Gasteiger partial charge in [0.2, 0.25) is 0 Å². The van der Waals surface area contributed by atoms with Crippen molar-refractivity contribution in [3.05, 3.63) is 59.4 Å². The number of urea groups is 1. The summed E-state index contributed by atoms with van der Waals surface area (Å²) in [6.45, 7) is 4.24. The average Bonchev–Trinajstić information content (AvgIpc) is 3.01. The van der Waals surface area contributed by atoms with Gasteiger partial charge in [0.1, 0.15) is 5.75 Å². The number of nitrogens with zero attached hydrogens (tertiary/aromatic N) is 2. The smallest absolute Gasteiger partial charge is 0.322 e. The molecule has 4 rings (SSSR count). The maximum absolute atomic E-state index is 12.8. The van der Waals surface area contributed by atoms with Gasteiger partial charge in [0.05, 0.1) is 0 Å². The number of hydrogen-bond acceptors (Lipinski definition) is 5. The highest BCUT2D eigenvalue weighted by molar-refractivity contribution is 6.07. The van der Waals surface area contributed by atoms with Crippen molar-refractivity contribution in [3.63, 3.8) is 0 Å². The van der Waals surface area contributed by atoms with Gasteiger partial charge in [-0.15, -0.1) is 0 Å². The Balaban J connectivity index is 1.52. The molecule has 0 bridgehead atoms. The summed E-state index contributed by atoms with van der Waals surface area (Å²) >= 11 is 0. The summed E-state index contributed by atoms with van der Waals surface area (Å²) < 4.78 is 0. The Morgan fingerprint density at radius 2 is 2.04 bits per heavy atom. The Morgan fingerprint density at radius 3 is 2.68 bits per heavy atom. The van der Waals surface area contributed by atoms with Crippen LogP contribution in [0.2, 0.25) is 0 Å². The van der Waals surface area contributed by atoms with Crippen molar-refractivity contribution < 1.29 is 14.7 Å². The molecule has 146 valence electrons. The predicted octanol–water partition coefficient (Wildman–Crippen LogP) is 2.04. The van der Waals surface area contributed by atoms with Gasteiger partial charge < -0.3 is 10.4 Å². The van der Waals surface area contributed by atoms with Crippen LogP contribution in [-0.2, 0) is 16.9 Å². The Morgan fingerprint density at radius 1 is 1.25 bits per heavy atom. The molecule has 2 aliphatic rings. The minimum atomic E-state index is -1.07. The van der Waals surface area contributed by atoms with E-state index in [9.17, 15) is 14.7 Å². The van der Waals surface area contributed by atoms with E-state index in [-0.39, 0.29) is 11.8 Å². The molecule has 0 spiro atoms. The van der Waals surface area contributed by atoms with E-state index >= 15 is 0 Å². The van der Waals surface area contributed by atoms with E-state index in [0.29, 0.717) is 17.9 Å². The number of phenols is 1. The third kappa shape index (κ3) is 3.22. The molecule has 2 aliphatic heterocycles. The molecule has 0 unspecified atom stereocenters. The standard InChI is InChI=1S/C21H24N4O3/c1-14-4-5-18(26)15(11-14)13-25-9-6-16(7-10-25)21(17-3-2-8-22-12-17)19(27)23-20(28)24-21/h2-5,8,11-12,16,26H,6-7,9-10,13H2,1H3,(H2,23,24,27,28)/t21-/m1/s1. The van der Waals surface area contributed by atoms with E-state index in [4.69, 9.17) is 0 Å². The number of hydrogen-bond donors (Lipinski definition) is 3. The number of imide groups is 1. The number of aryl methyl sites for hydroxylation is 1. The van der Waals surface area contributed by atoms with Crippen LogP contribution in [0.15, 0.2) is 42.7 Å². The fourth-order valence-electron chi connectivity index (χ4n) is 4.40. The van der Waals surface area contributed by atoms with Crippen LogP contribution < -0.4 is 10.6 Å². The van der Waals surface area contributed by atoms with Gasteiger partial charge in [0.15, 0.2) is 5.54 Å². The molecule has 2 fully saturated rings. The van der Waals surface area contributed by atoms with E-state index in [1.54, 1.807) is 24.5 Å². The number of phenolic OH excluding ortho intramolecular Hbond substituents is 1. The second-order valence-corrected chi connectivity index (χ2v) is 7.64. The average molecular weight is 380 g/mol. The number of likely N-dealkylation sites (tertiary alicyclic amines) is 1. The van der Waals surface area contributed by atoms with Crippen molar-refractivity contribution >= 4 is 11.9 Å². The maximum Gasteiger partial charge on any atom is 0.322 e. The highest BCUT2D eigenvalue weighted by Crippen LogP contribution is 2.39. The molecular weight excluding hydrogens is 356 g/mol. The lowest BCUT2D eigenvalue weighted by atomic mass is 9.73. The number of aromatic hydroxyl groups is 1. The predicted molar refractivity (Wildman–Crippen MR) is 103 cm³/mol. The first-order valence-electron chi connectivity index (χ1n) is 9.54. The van der Waals surface area contributed by atoms with Gasteiger partial charge in [0, 0.05) is 30.1 Å². The van der Waals surface area contributed by atoms with Crippen molar-refractivity contribution in [3.8, 4) is 5.75 Å². The fourth-order valence-corrected chi connectivity index (χ4v) is 4.40. The van der Waals surface area contributed by atoms with Crippen LogP contribution in [0.3, 0.4) is 0 Å². The van der Waals surface area contributed by atoms with Gasteiger partial charge in [0.25, 0.3) is 5.91 Å². The van der Waals surface area contributed by atoms with E-state index in [1.807, 2.05) is 25.1 Å². The number of aromatic nitrogens is 1. The van der Waals surface area contributed by atoms with Crippen LogP contribution >= 0.6 is 0 Å². The Labute approximate surface area is 163 Å². The molecule has 28 heavy (non-hydrogen) atoms. The van der Waals surface area contributed by atoms with Crippen LogP contribution in [0.5, 0.6) is 5.75 Å². The quantitative estimate of drug-likeness (QED) is 0.706. The molecule has 2 saturated heterocycles. The van der Waals surface area contributed by atoms with Crippen molar-refractivity contribution in [1.82, 2.24) is 20.5 Å². The lowest BCUT2D eigenvalue weighted by molar-refractivity contribution is -0.127. The summed E-state index contributed by atoms with van der Waals surface area (Å²) in [5.41, 5.74) is 1.67. The molecule has 0 saturated carbocycles. The minimum absolute atomic E-state index is 0.0227. The van der Waals surface area contributed by atoms with Gasteiger partial charge in [-0.25, -0.2) is 4.79 Å². The van der Waals surface area contributed by atoms with Gasteiger partial charge in [-0.2, -0.15) is 0 Å². The molecule has 3 N–H and O–H groups in total. The SMILES string of the molecule is Cc1ccc(O)c(CN2CCC([C@]3(c4cccnc4)NC(=O)NC3=O)CC2)c1. The first kappa shape index (κ1) is 18.4. The maximum atomic E-state index is 12.8. The van der Waals surface area contributed by atoms with Crippen molar-refractivity contribution in [2.24, 2.45) is 5.92 Å². The second-order valence-electron chi connectivity index (χ2n) is 7.64. The molecular formula is C21H24N4O3. The lowest BCUT2D eigenvalue weighted by Gasteiger charge is -2.40. The number of amides is 3. The molecule has 0 aliphatic carbocycles. The Kier molecular flexibility index (Phi) is 4.77. The molecule has 3 heterocycles. The minimum Gasteiger partial charge on any atom is -0.508 e. The Bertz CT molecular complexity index is 894. The number of piperidine rings is 1. The van der Waals surface area contributed by atoms with Gasteiger partial charge >= 0.3 is 6.03 Å². The summed E-state index contributed by atoms with van der Waals surface area (Å²) in [5.74, 6) is -0.0206. The largest absolute Gasteiger partial charge is 0.508 e. The first-order valence-corrected chi connectivity index (χ1v) is 9.54. The van der Waals surface area contributed by atoms with Crippen molar-refractivity contribution in [2.75, 3.05) is 13.1 Å².